The van der Waals surface area contributed by atoms with Gasteiger partial charge in [-0.05, 0) is 12.8 Å². The molecule has 138 valence electrons. The molecule has 0 radical (unpaired) electrons. The molecule has 0 aromatic carbocycles. The van der Waals surface area contributed by atoms with Crippen molar-refractivity contribution in [1.29, 1.82) is 0 Å². The number of hydrogen-bond acceptors (Lipinski definition) is 8. The predicted octanol–water partition coefficient (Wildman–Crippen LogP) is 1.71. The minimum absolute atomic E-state index is 0. The molecule has 0 bridgehead atoms. The molecule has 26 heavy (non-hydrogen) atoms. The molecule has 1 aliphatic carbocycles. The molecule has 3 aromatic rings. The Morgan fingerprint density at radius 3 is 2.73 bits per heavy atom. The Balaban J connectivity index is 0.00000121. The van der Waals surface area contributed by atoms with Gasteiger partial charge in [-0.1, -0.05) is 0 Å². The SMILES string of the molecule is Cl.Cl.NC1CC(c2cc(NCc3nc(-c4cnccn4)n[nH]3)ncn2)C1. The van der Waals surface area contributed by atoms with Gasteiger partial charge in [-0.3, -0.25) is 10.1 Å². The van der Waals surface area contributed by atoms with Crippen LogP contribution in [-0.2, 0) is 6.54 Å². The molecule has 1 fully saturated rings. The third-order valence-corrected chi connectivity index (χ3v) is 4.04. The maximum Gasteiger partial charge on any atom is 0.201 e. The molecule has 0 spiro atoms. The van der Waals surface area contributed by atoms with Gasteiger partial charge in [0, 0.05) is 36.1 Å². The van der Waals surface area contributed by atoms with Crippen molar-refractivity contribution in [3.8, 4) is 11.5 Å². The number of rotatable bonds is 5. The minimum Gasteiger partial charge on any atom is -0.363 e. The molecule has 4 N–H and O–H groups in total. The largest absolute Gasteiger partial charge is 0.363 e. The third-order valence-electron chi connectivity index (χ3n) is 4.04. The van der Waals surface area contributed by atoms with E-state index < -0.39 is 0 Å². The topological polar surface area (TPSA) is 131 Å². The molecule has 9 nitrogen and oxygen atoms in total. The predicted molar refractivity (Wildman–Crippen MR) is 101 cm³/mol. The van der Waals surface area contributed by atoms with E-state index in [0.29, 0.717) is 35.8 Å². The lowest BCUT2D eigenvalue weighted by Crippen LogP contribution is -2.35. The Hall–Kier alpha value is -2.36. The molecule has 0 amide bonds. The van der Waals surface area contributed by atoms with Crippen LogP contribution >= 0.6 is 24.8 Å². The fourth-order valence-electron chi connectivity index (χ4n) is 2.67. The third kappa shape index (κ3) is 4.43. The van der Waals surface area contributed by atoms with Gasteiger partial charge in [-0.2, -0.15) is 5.10 Å². The Morgan fingerprint density at radius 2 is 2.00 bits per heavy atom. The Kier molecular flexibility index (Phi) is 6.78. The number of halogens is 2. The molecular weight excluding hydrogens is 377 g/mol. The Bertz CT molecular complexity index is 821. The lowest BCUT2D eigenvalue weighted by molar-refractivity contribution is 0.345. The first-order valence-electron chi connectivity index (χ1n) is 7.77. The van der Waals surface area contributed by atoms with Crippen molar-refractivity contribution in [2.75, 3.05) is 5.32 Å². The van der Waals surface area contributed by atoms with Crippen LogP contribution in [-0.4, -0.2) is 41.2 Å². The van der Waals surface area contributed by atoms with Crippen molar-refractivity contribution < 1.29 is 0 Å². The van der Waals surface area contributed by atoms with E-state index in [1.807, 2.05) is 6.07 Å². The number of aromatic amines is 1. The normalized spacial score (nSPS) is 18.2. The van der Waals surface area contributed by atoms with Gasteiger partial charge in [0.05, 0.1) is 12.7 Å². The summed E-state index contributed by atoms with van der Waals surface area (Å²) in [5.41, 5.74) is 7.51. The van der Waals surface area contributed by atoms with Gasteiger partial charge in [0.2, 0.25) is 5.82 Å². The quantitative estimate of drug-likeness (QED) is 0.594. The van der Waals surface area contributed by atoms with Crippen molar-refractivity contribution in [3.05, 3.63) is 42.5 Å². The fourth-order valence-corrected chi connectivity index (χ4v) is 2.67. The molecular formula is C15H19Cl2N9. The molecule has 3 heterocycles. The molecule has 0 unspecified atom stereocenters. The summed E-state index contributed by atoms with van der Waals surface area (Å²) in [5.74, 6) is 2.42. The zero-order valence-corrected chi connectivity index (χ0v) is 15.4. The summed E-state index contributed by atoms with van der Waals surface area (Å²) in [7, 11) is 0. The number of aromatic nitrogens is 7. The van der Waals surface area contributed by atoms with Gasteiger partial charge in [-0.15, -0.1) is 24.8 Å². The van der Waals surface area contributed by atoms with E-state index in [-0.39, 0.29) is 24.8 Å². The number of nitrogens with zero attached hydrogens (tertiary/aromatic N) is 6. The average Bonchev–Trinajstić information content (AvgIpc) is 3.07. The van der Waals surface area contributed by atoms with Crippen molar-refractivity contribution in [2.45, 2.75) is 31.3 Å². The highest BCUT2D eigenvalue weighted by molar-refractivity contribution is 5.85. The zero-order chi connectivity index (χ0) is 16.4. The smallest absolute Gasteiger partial charge is 0.201 e. The molecule has 11 heteroatoms. The van der Waals surface area contributed by atoms with E-state index >= 15 is 0 Å². The highest BCUT2D eigenvalue weighted by Gasteiger charge is 2.28. The van der Waals surface area contributed by atoms with Crippen LogP contribution in [0.3, 0.4) is 0 Å². The second-order valence-corrected chi connectivity index (χ2v) is 5.81. The molecule has 3 aromatic heterocycles. The summed E-state index contributed by atoms with van der Waals surface area (Å²) in [6.07, 6.45) is 8.39. The summed E-state index contributed by atoms with van der Waals surface area (Å²) >= 11 is 0. The first kappa shape index (κ1) is 20.0. The number of anilines is 1. The first-order chi connectivity index (χ1) is 11.8. The van der Waals surface area contributed by atoms with Crippen LogP contribution in [0.1, 0.15) is 30.3 Å². The van der Waals surface area contributed by atoms with Crippen molar-refractivity contribution >= 4 is 30.6 Å². The van der Waals surface area contributed by atoms with Crippen LogP contribution in [0.25, 0.3) is 11.5 Å². The zero-order valence-electron chi connectivity index (χ0n) is 13.7. The summed E-state index contributed by atoms with van der Waals surface area (Å²) in [6.45, 7) is 0.480. The van der Waals surface area contributed by atoms with E-state index in [9.17, 15) is 0 Å². The van der Waals surface area contributed by atoms with Crippen molar-refractivity contribution in [1.82, 2.24) is 35.1 Å². The van der Waals surface area contributed by atoms with Crippen LogP contribution in [0.5, 0.6) is 0 Å². The van der Waals surface area contributed by atoms with Crippen LogP contribution in [0.4, 0.5) is 5.82 Å². The van der Waals surface area contributed by atoms with Crippen molar-refractivity contribution in [3.63, 3.8) is 0 Å². The molecule has 0 saturated heterocycles. The number of nitrogens with two attached hydrogens (primary N) is 1. The average molecular weight is 396 g/mol. The second kappa shape index (κ2) is 8.84. The van der Waals surface area contributed by atoms with E-state index in [2.05, 4.69) is 40.4 Å². The Labute approximate surface area is 162 Å². The lowest BCUT2D eigenvalue weighted by atomic mass is 9.79. The van der Waals surface area contributed by atoms with Gasteiger partial charge < -0.3 is 11.1 Å². The van der Waals surface area contributed by atoms with Crippen molar-refractivity contribution in [2.24, 2.45) is 5.73 Å². The van der Waals surface area contributed by atoms with Gasteiger partial charge in [-0.25, -0.2) is 19.9 Å². The van der Waals surface area contributed by atoms with E-state index in [0.717, 1.165) is 24.4 Å². The number of nitrogens with one attached hydrogen (secondary N) is 2. The lowest BCUT2D eigenvalue weighted by Gasteiger charge is -2.31. The standard InChI is InChI=1S/C15H17N9.2ClH/c16-10-3-9(4-10)11-5-13(21-8-20-11)19-7-14-22-15(24-23-14)12-6-17-1-2-18-12;;/h1-2,5-6,8-10H,3-4,7,16H2,(H,19,20,21)(H,22,23,24);2*1H. The minimum atomic E-state index is 0. The molecule has 0 aliphatic heterocycles. The maximum absolute atomic E-state index is 5.84. The summed E-state index contributed by atoms with van der Waals surface area (Å²) in [4.78, 5) is 21.2. The molecule has 0 atom stereocenters. The number of H-pyrrole nitrogens is 1. The first-order valence-corrected chi connectivity index (χ1v) is 7.77. The van der Waals surface area contributed by atoms with E-state index in [4.69, 9.17) is 5.73 Å². The van der Waals surface area contributed by atoms with Crippen LogP contribution in [0.2, 0.25) is 0 Å². The Morgan fingerprint density at radius 1 is 1.15 bits per heavy atom. The summed E-state index contributed by atoms with van der Waals surface area (Å²) in [6, 6.07) is 2.27. The molecule has 1 aliphatic rings. The fraction of sp³-hybridized carbons (Fsp3) is 0.333. The van der Waals surface area contributed by atoms with Crippen LogP contribution in [0, 0.1) is 0 Å². The number of hydrogen-bond donors (Lipinski definition) is 3. The van der Waals surface area contributed by atoms with E-state index in [1.165, 1.54) is 0 Å². The second-order valence-electron chi connectivity index (χ2n) is 5.81. The van der Waals surface area contributed by atoms with Gasteiger partial charge in [0.25, 0.3) is 0 Å². The van der Waals surface area contributed by atoms with E-state index in [1.54, 1.807) is 24.9 Å². The van der Waals surface area contributed by atoms with Crippen LogP contribution < -0.4 is 11.1 Å². The monoisotopic (exact) mass is 395 g/mol. The summed E-state index contributed by atoms with van der Waals surface area (Å²) in [5, 5.41) is 10.3. The van der Waals surface area contributed by atoms with Gasteiger partial charge in [0.15, 0.2) is 0 Å². The van der Waals surface area contributed by atoms with Gasteiger partial charge >= 0.3 is 0 Å². The van der Waals surface area contributed by atoms with Crippen LogP contribution in [0.15, 0.2) is 31.0 Å². The van der Waals surface area contributed by atoms with Gasteiger partial charge in [0.1, 0.15) is 23.7 Å². The summed E-state index contributed by atoms with van der Waals surface area (Å²) < 4.78 is 0. The molecule has 1 saturated carbocycles. The molecule has 4 rings (SSSR count). The highest BCUT2D eigenvalue weighted by Crippen LogP contribution is 2.34. The highest BCUT2D eigenvalue weighted by atomic mass is 35.5. The maximum atomic E-state index is 5.84.